The average molecular weight is 441 g/mol. The van der Waals surface area contributed by atoms with Crippen molar-refractivity contribution in [1.82, 2.24) is 5.32 Å². The van der Waals surface area contributed by atoms with Gasteiger partial charge in [0.25, 0.3) is 5.91 Å². The fourth-order valence-corrected chi connectivity index (χ4v) is 2.56. The Hall–Kier alpha value is -3.20. The van der Waals surface area contributed by atoms with E-state index in [2.05, 4.69) is 15.4 Å². The highest BCUT2D eigenvalue weighted by Gasteiger charge is 2.12. The molecule has 0 heterocycles. The van der Waals surface area contributed by atoms with Gasteiger partial charge in [-0.25, -0.2) is 0 Å². The van der Waals surface area contributed by atoms with Crippen LogP contribution in [0.3, 0.4) is 0 Å². The number of halogens is 3. The molecule has 2 aromatic carbocycles. The predicted octanol–water partition coefficient (Wildman–Crippen LogP) is 3.17. The van der Waals surface area contributed by atoms with E-state index in [0.717, 1.165) is 5.56 Å². The van der Waals surface area contributed by atoms with Crippen LogP contribution in [0, 0.1) is 0 Å². The normalized spacial score (nSPS) is 10.4. The van der Waals surface area contributed by atoms with Crippen molar-refractivity contribution in [2.24, 2.45) is 0 Å². The Balaban J connectivity index is 1.66. The zero-order valence-corrected chi connectivity index (χ0v) is 16.5. The van der Waals surface area contributed by atoms with Crippen LogP contribution in [0.5, 0.6) is 5.75 Å². The first-order chi connectivity index (χ1) is 14.3. The second kappa shape index (κ2) is 11.7. The van der Waals surface area contributed by atoms with E-state index in [1.807, 2.05) is 30.3 Å². The highest BCUT2D eigenvalue weighted by molar-refractivity contribution is 6.32. The van der Waals surface area contributed by atoms with Crippen LogP contribution in [-0.2, 0) is 25.5 Å². The van der Waals surface area contributed by atoms with Gasteiger partial charge < -0.3 is 20.1 Å². The molecule has 0 fully saturated rings. The maximum absolute atomic E-state index is 12.2. The minimum atomic E-state index is -3.02. The number of carbonyl (C=O) groups excluding carboxylic acids is 3. The van der Waals surface area contributed by atoms with E-state index in [1.165, 1.54) is 18.2 Å². The lowest BCUT2D eigenvalue weighted by atomic mass is 10.1. The standard InChI is InChI=1S/C20H19ClF2N2O5/c21-15-11-14(6-7-16(15)30-20(22)23)25-18(27)12-29-19(28)8-9-24-17(26)10-13-4-2-1-3-5-13/h1-7,11,20H,8-10,12H2,(H,24,26)(H,25,27). The predicted molar refractivity (Wildman–Crippen MR) is 105 cm³/mol. The van der Waals surface area contributed by atoms with Crippen LogP contribution in [0.25, 0.3) is 0 Å². The quantitative estimate of drug-likeness (QED) is 0.553. The molecule has 7 nitrogen and oxygen atoms in total. The summed E-state index contributed by atoms with van der Waals surface area (Å²) in [6.45, 7) is -3.50. The molecule has 2 amide bonds. The minimum Gasteiger partial charge on any atom is -0.456 e. The molecule has 160 valence electrons. The highest BCUT2D eigenvalue weighted by Crippen LogP contribution is 2.28. The number of rotatable bonds is 10. The lowest BCUT2D eigenvalue weighted by Crippen LogP contribution is -2.28. The summed E-state index contributed by atoms with van der Waals surface area (Å²) in [5, 5.41) is 4.89. The number of nitrogens with one attached hydrogen (secondary N) is 2. The molecule has 0 radical (unpaired) electrons. The number of hydrogen-bond acceptors (Lipinski definition) is 5. The summed E-state index contributed by atoms with van der Waals surface area (Å²) in [5.74, 6) is -1.77. The molecule has 2 N–H and O–H groups in total. The van der Waals surface area contributed by atoms with Crippen LogP contribution in [0.15, 0.2) is 48.5 Å². The van der Waals surface area contributed by atoms with Crippen molar-refractivity contribution in [3.8, 4) is 5.75 Å². The first-order valence-corrected chi connectivity index (χ1v) is 9.21. The first kappa shape index (κ1) is 23.1. The van der Waals surface area contributed by atoms with Crippen molar-refractivity contribution in [2.45, 2.75) is 19.5 Å². The Bertz CT molecular complexity index is 881. The maximum Gasteiger partial charge on any atom is 0.387 e. The number of carbonyl (C=O) groups is 3. The van der Waals surface area contributed by atoms with Crippen LogP contribution in [0.2, 0.25) is 5.02 Å². The molecule has 0 atom stereocenters. The number of esters is 1. The molecule has 0 aliphatic carbocycles. The summed E-state index contributed by atoms with van der Waals surface area (Å²) in [6, 6.07) is 12.8. The Morgan fingerprint density at radius 2 is 1.77 bits per heavy atom. The van der Waals surface area contributed by atoms with E-state index in [0.29, 0.717) is 0 Å². The third-order valence-electron chi connectivity index (χ3n) is 3.65. The first-order valence-electron chi connectivity index (χ1n) is 8.84. The van der Waals surface area contributed by atoms with Crippen molar-refractivity contribution in [1.29, 1.82) is 0 Å². The second-order valence-electron chi connectivity index (χ2n) is 5.99. The number of ether oxygens (including phenoxy) is 2. The largest absolute Gasteiger partial charge is 0.456 e. The summed E-state index contributed by atoms with van der Waals surface area (Å²) in [6.07, 6.45) is 0.0985. The van der Waals surface area contributed by atoms with Gasteiger partial charge in [-0.15, -0.1) is 0 Å². The van der Waals surface area contributed by atoms with Crippen LogP contribution in [0.1, 0.15) is 12.0 Å². The van der Waals surface area contributed by atoms with Crippen LogP contribution in [0.4, 0.5) is 14.5 Å². The van der Waals surface area contributed by atoms with Crippen LogP contribution in [-0.4, -0.2) is 37.5 Å². The molecule has 0 bridgehead atoms. The fraction of sp³-hybridized carbons (Fsp3) is 0.250. The van der Waals surface area contributed by atoms with Gasteiger partial charge in [0.2, 0.25) is 5.91 Å². The topological polar surface area (TPSA) is 93.7 Å². The summed E-state index contributed by atoms with van der Waals surface area (Å²) >= 11 is 5.79. The van der Waals surface area contributed by atoms with Crippen molar-refractivity contribution in [3.05, 3.63) is 59.1 Å². The minimum absolute atomic E-state index is 0.0767. The van der Waals surface area contributed by atoms with Gasteiger partial charge in [-0.05, 0) is 23.8 Å². The molecule has 0 aromatic heterocycles. The summed E-state index contributed by atoms with van der Waals surface area (Å²) in [5.41, 5.74) is 1.07. The lowest BCUT2D eigenvalue weighted by molar-refractivity contribution is -0.147. The lowest BCUT2D eigenvalue weighted by Gasteiger charge is -2.10. The van der Waals surface area contributed by atoms with E-state index in [4.69, 9.17) is 16.3 Å². The van der Waals surface area contributed by atoms with E-state index in [-0.39, 0.29) is 41.8 Å². The van der Waals surface area contributed by atoms with E-state index >= 15 is 0 Å². The van der Waals surface area contributed by atoms with E-state index in [9.17, 15) is 23.2 Å². The van der Waals surface area contributed by atoms with Gasteiger partial charge in [0.05, 0.1) is 17.9 Å². The smallest absolute Gasteiger partial charge is 0.387 e. The summed E-state index contributed by atoms with van der Waals surface area (Å²) in [4.78, 5) is 35.3. The number of anilines is 1. The van der Waals surface area contributed by atoms with E-state index in [1.54, 1.807) is 0 Å². The van der Waals surface area contributed by atoms with Crippen LogP contribution >= 0.6 is 11.6 Å². The van der Waals surface area contributed by atoms with Crippen molar-refractivity contribution < 1.29 is 32.6 Å². The fourth-order valence-electron chi connectivity index (χ4n) is 2.33. The van der Waals surface area contributed by atoms with Gasteiger partial charge in [-0.3, -0.25) is 14.4 Å². The molecule has 2 rings (SSSR count). The van der Waals surface area contributed by atoms with Gasteiger partial charge in [0.1, 0.15) is 5.75 Å². The molecule has 10 heteroatoms. The maximum atomic E-state index is 12.2. The SMILES string of the molecule is O=C(Cc1ccccc1)NCCC(=O)OCC(=O)Nc1ccc(OC(F)F)c(Cl)c1. The number of amides is 2. The second-order valence-corrected chi connectivity index (χ2v) is 6.40. The molecule has 0 aliphatic heterocycles. The van der Waals surface area contributed by atoms with Gasteiger partial charge in [0, 0.05) is 12.2 Å². The van der Waals surface area contributed by atoms with Crippen molar-refractivity contribution in [2.75, 3.05) is 18.5 Å². The Labute approximate surface area is 176 Å². The highest BCUT2D eigenvalue weighted by atomic mass is 35.5. The Morgan fingerprint density at radius 3 is 2.43 bits per heavy atom. The van der Waals surface area contributed by atoms with Gasteiger partial charge >= 0.3 is 12.6 Å². The van der Waals surface area contributed by atoms with Gasteiger partial charge in [-0.2, -0.15) is 8.78 Å². The zero-order chi connectivity index (χ0) is 21.9. The molecule has 30 heavy (non-hydrogen) atoms. The molecular weight excluding hydrogens is 422 g/mol. The Kier molecular flexibility index (Phi) is 9.02. The van der Waals surface area contributed by atoms with E-state index < -0.39 is 25.1 Å². The van der Waals surface area contributed by atoms with Crippen molar-refractivity contribution >= 4 is 35.1 Å². The third kappa shape index (κ3) is 8.44. The van der Waals surface area contributed by atoms with Gasteiger partial charge in [-0.1, -0.05) is 41.9 Å². The van der Waals surface area contributed by atoms with Gasteiger partial charge in [0.15, 0.2) is 6.61 Å². The molecule has 2 aromatic rings. The average Bonchev–Trinajstić information content (AvgIpc) is 2.69. The summed E-state index contributed by atoms with van der Waals surface area (Å²) in [7, 11) is 0. The number of alkyl halides is 2. The zero-order valence-electron chi connectivity index (χ0n) is 15.7. The molecule has 0 aliphatic rings. The summed E-state index contributed by atoms with van der Waals surface area (Å²) < 4.78 is 33.4. The number of hydrogen-bond donors (Lipinski definition) is 2. The molecule has 0 unspecified atom stereocenters. The molecule has 0 saturated heterocycles. The third-order valence-corrected chi connectivity index (χ3v) is 3.95. The monoisotopic (exact) mass is 440 g/mol. The number of benzene rings is 2. The van der Waals surface area contributed by atoms with Crippen LogP contribution < -0.4 is 15.4 Å². The molecule has 0 saturated carbocycles. The Morgan fingerprint density at radius 1 is 1.03 bits per heavy atom. The molecular formula is C20H19ClF2N2O5. The van der Waals surface area contributed by atoms with Crippen molar-refractivity contribution in [3.63, 3.8) is 0 Å². The molecule has 0 spiro atoms.